The highest BCUT2D eigenvalue weighted by Gasteiger charge is 2.26. The van der Waals surface area contributed by atoms with Crippen LogP contribution < -0.4 is 20.7 Å². The van der Waals surface area contributed by atoms with Crippen LogP contribution >= 0.6 is 11.6 Å². The van der Waals surface area contributed by atoms with Gasteiger partial charge in [-0.3, -0.25) is 9.79 Å². The van der Waals surface area contributed by atoms with Gasteiger partial charge in [0.15, 0.2) is 0 Å². The van der Waals surface area contributed by atoms with Gasteiger partial charge in [-0.25, -0.2) is 4.79 Å². The average molecular weight is 492 g/mol. The highest BCUT2D eigenvalue weighted by molar-refractivity contribution is 6.30. The molecule has 35 heavy (non-hydrogen) atoms. The molecule has 0 fully saturated rings. The summed E-state index contributed by atoms with van der Waals surface area (Å²) in [5.41, 5.74) is 2.64. The first-order valence-electron chi connectivity index (χ1n) is 11.1. The second kappa shape index (κ2) is 10.9. The molecule has 180 valence electrons. The number of aliphatic imine (C=N–C) groups is 1. The maximum absolute atomic E-state index is 13.3. The molecule has 1 atom stereocenters. The summed E-state index contributed by atoms with van der Waals surface area (Å²) in [6.45, 7) is 1.66. The zero-order valence-corrected chi connectivity index (χ0v) is 20.2. The Hall–Kier alpha value is -4.04. The molecule has 1 aliphatic heterocycles. The number of carbonyl (C=O) groups is 2. The molecule has 1 heterocycles. The van der Waals surface area contributed by atoms with Crippen LogP contribution in [0.1, 0.15) is 17.2 Å². The van der Waals surface area contributed by atoms with Crippen LogP contribution in [0.25, 0.3) is 0 Å². The lowest BCUT2D eigenvalue weighted by molar-refractivity contribution is -0.118. The number of rotatable bonds is 7. The Labute approximate surface area is 209 Å². The van der Waals surface area contributed by atoms with E-state index in [1.807, 2.05) is 31.3 Å². The topological polar surface area (TPSA) is 95.1 Å². The number of hydrogen-bond acceptors (Lipinski definition) is 5. The minimum absolute atomic E-state index is 0.413. The van der Waals surface area contributed by atoms with Crippen molar-refractivity contribution in [3.05, 3.63) is 88.9 Å². The quantitative estimate of drug-likeness (QED) is 0.452. The zero-order chi connectivity index (χ0) is 24.8. The number of nitrogens with zero attached hydrogens (tertiary/aromatic N) is 2. The van der Waals surface area contributed by atoms with E-state index in [0.717, 1.165) is 24.5 Å². The molecule has 3 N–H and O–H groups in total. The van der Waals surface area contributed by atoms with Crippen LogP contribution in [0.15, 0.2) is 77.8 Å². The zero-order valence-electron chi connectivity index (χ0n) is 19.4. The summed E-state index contributed by atoms with van der Waals surface area (Å²) >= 11 is 5.91. The number of hydrogen-bond donors (Lipinski definition) is 3. The number of methoxy groups -OCH3 is 1. The SMILES string of the molecule is COc1ccccc1C(NC(=O)Nc1ccc(Cl)cc1)C(=O)Nc1ccc(C2=NCCN2C)cc1. The molecule has 0 saturated heterocycles. The third-order valence-corrected chi connectivity index (χ3v) is 5.81. The molecule has 0 spiro atoms. The summed E-state index contributed by atoms with van der Waals surface area (Å²) in [5.74, 6) is 0.996. The molecule has 3 aromatic carbocycles. The molecule has 0 bridgehead atoms. The third-order valence-electron chi connectivity index (χ3n) is 5.56. The summed E-state index contributed by atoms with van der Waals surface area (Å²) < 4.78 is 5.44. The maximum atomic E-state index is 13.3. The number of amides is 3. The number of halogens is 1. The van der Waals surface area contributed by atoms with Crippen LogP contribution in [-0.4, -0.2) is 49.9 Å². The van der Waals surface area contributed by atoms with Gasteiger partial charge >= 0.3 is 6.03 Å². The predicted octanol–water partition coefficient (Wildman–Crippen LogP) is 4.54. The molecule has 9 heteroatoms. The van der Waals surface area contributed by atoms with Gasteiger partial charge in [0, 0.05) is 41.1 Å². The van der Waals surface area contributed by atoms with Gasteiger partial charge in [-0.15, -0.1) is 0 Å². The van der Waals surface area contributed by atoms with Crippen molar-refractivity contribution < 1.29 is 14.3 Å². The van der Waals surface area contributed by atoms with Crippen LogP contribution in [0.5, 0.6) is 5.75 Å². The van der Waals surface area contributed by atoms with Gasteiger partial charge in [0.25, 0.3) is 5.91 Å². The van der Waals surface area contributed by atoms with Crippen molar-refractivity contribution in [2.75, 3.05) is 37.9 Å². The molecule has 3 aromatic rings. The Kier molecular flexibility index (Phi) is 7.52. The fourth-order valence-electron chi connectivity index (χ4n) is 3.78. The van der Waals surface area contributed by atoms with Crippen LogP contribution in [0, 0.1) is 0 Å². The summed E-state index contributed by atoms with van der Waals surface area (Å²) in [7, 11) is 3.52. The number of amidine groups is 1. The van der Waals surface area contributed by atoms with Crippen molar-refractivity contribution in [2.45, 2.75) is 6.04 Å². The Balaban J connectivity index is 1.52. The third kappa shape index (κ3) is 5.91. The lowest BCUT2D eigenvalue weighted by Gasteiger charge is -2.21. The smallest absolute Gasteiger partial charge is 0.320 e. The van der Waals surface area contributed by atoms with Crippen LogP contribution in [0.3, 0.4) is 0 Å². The second-order valence-corrected chi connectivity index (χ2v) is 8.41. The van der Waals surface area contributed by atoms with E-state index in [0.29, 0.717) is 27.7 Å². The lowest BCUT2D eigenvalue weighted by atomic mass is 10.0. The summed E-state index contributed by atoms with van der Waals surface area (Å²) in [6.07, 6.45) is 0. The van der Waals surface area contributed by atoms with Crippen LogP contribution in [0.2, 0.25) is 5.02 Å². The van der Waals surface area contributed by atoms with E-state index in [4.69, 9.17) is 16.3 Å². The van der Waals surface area contributed by atoms with Gasteiger partial charge in [0.1, 0.15) is 17.6 Å². The number of urea groups is 1. The average Bonchev–Trinajstić information content (AvgIpc) is 3.30. The molecular weight excluding hydrogens is 466 g/mol. The van der Waals surface area contributed by atoms with Crippen molar-refractivity contribution in [1.82, 2.24) is 10.2 Å². The summed E-state index contributed by atoms with van der Waals surface area (Å²) in [6, 6.07) is 19.6. The van der Waals surface area contributed by atoms with E-state index >= 15 is 0 Å². The van der Waals surface area contributed by atoms with E-state index < -0.39 is 18.0 Å². The van der Waals surface area contributed by atoms with Crippen LogP contribution in [0.4, 0.5) is 16.2 Å². The normalized spacial score (nSPS) is 13.6. The fraction of sp³-hybridized carbons (Fsp3) is 0.192. The van der Waals surface area contributed by atoms with Crippen molar-refractivity contribution in [1.29, 1.82) is 0 Å². The van der Waals surface area contributed by atoms with E-state index in [1.54, 1.807) is 48.5 Å². The molecule has 0 aromatic heterocycles. The highest BCUT2D eigenvalue weighted by Crippen LogP contribution is 2.26. The van der Waals surface area contributed by atoms with E-state index in [-0.39, 0.29) is 0 Å². The van der Waals surface area contributed by atoms with Gasteiger partial charge in [0.05, 0.1) is 13.7 Å². The van der Waals surface area contributed by atoms with Crippen molar-refractivity contribution in [3.8, 4) is 5.75 Å². The number of anilines is 2. The monoisotopic (exact) mass is 491 g/mol. The van der Waals surface area contributed by atoms with Crippen LogP contribution in [-0.2, 0) is 4.79 Å². The van der Waals surface area contributed by atoms with Gasteiger partial charge < -0.3 is 25.6 Å². The first-order chi connectivity index (χ1) is 16.9. The molecular formula is C26H26ClN5O3. The Morgan fingerprint density at radius 2 is 1.63 bits per heavy atom. The molecule has 1 aliphatic rings. The van der Waals surface area contributed by atoms with Gasteiger partial charge in [-0.1, -0.05) is 29.8 Å². The van der Waals surface area contributed by atoms with Gasteiger partial charge in [0.2, 0.25) is 0 Å². The van der Waals surface area contributed by atoms with Crippen molar-refractivity contribution in [2.24, 2.45) is 4.99 Å². The minimum atomic E-state index is -1.01. The molecule has 0 saturated carbocycles. The first-order valence-corrected chi connectivity index (χ1v) is 11.5. The number of likely N-dealkylation sites (N-methyl/N-ethyl adjacent to an activating group) is 1. The lowest BCUT2D eigenvalue weighted by Crippen LogP contribution is -2.39. The summed E-state index contributed by atoms with van der Waals surface area (Å²) in [5, 5.41) is 8.92. The molecule has 0 radical (unpaired) electrons. The van der Waals surface area contributed by atoms with E-state index in [2.05, 4.69) is 25.8 Å². The van der Waals surface area contributed by atoms with E-state index in [9.17, 15) is 9.59 Å². The molecule has 1 unspecified atom stereocenters. The Morgan fingerprint density at radius 1 is 0.971 bits per heavy atom. The van der Waals surface area contributed by atoms with Gasteiger partial charge in [-0.2, -0.15) is 0 Å². The fourth-order valence-corrected chi connectivity index (χ4v) is 3.91. The number of ether oxygens (including phenoxy) is 1. The highest BCUT2D eigenvalue weighted by atomic mass is 35.5. The first kappa shape index (κ1) is 24.1. The number of benzene rings is 3. The Morgan fingerprint density at radius 3 is 2.29 bits per heavy atom. The standard InChI is InChI=1S/C26H26ClN5O3/c1-32-16-15-28-24(32)17-7-11-19(12-8-17)29-25(33)23(21-5-3-4-6-22(21)35-2)31-26(34)30-20-13-9-18(27)10-14-20/h3-14,23H,15-16H2,1-2H3,(H,29,33)(H2,30,31,34). The second-order valence-electron chi connectivity index (χ2n) is 7.97. The van der Waals surface area contributed by atoms with Gasteiger partial charge in [-0.05, 0) is 54.6 Å². The predicted molar refractivity (Wildman–Crippen MR) is 138 cm³/mol. The largest absolute Gasteiger partial charge is 0.496 e. The van der Waals surface area contributed by atoms with E-state index in [1.165, 1.54) is 7.11 Å². The van der Waals surface area contributed by atoms with Crippen molar-refractivity contribution >= 4 is 40.7 Å². The molecule has 0 aliphatic carbocycles. The molecule has 8 nitrogen and oxygen atoms in total. The molecule has 4 rings (SSSR count). The number of carbonyl (C=O) groups excluding carboxylic acids is 2. The minimum Gasteiger partial charge on any atom is -0.496 e. The number of para-hydroxylation sites is 1. The molecule has 3 amide bonds. The number of nitrogens with one attached hydrogen (secondary N) is 3. The summed E-state index contributed by atoms with van der Waals surface area (Å²) in [4.78, 5) is 32.7. The van der Waals surface area contributed by atoms with Crippen molar-refractivity contribution in [3.63, 3.8) is 0 Å². The Bertz CT molecular complexity index is 1230. The maximum Gasteiger partial charge on any atom is 0.320 e.